The van der Waals surface area contributed by atoms with Crippen molar-refractivity contribution in [2.45, 2.75) is 20.5 Å². The van der Waals surface area contributed by atoms with Gasteiger partial charge in [-0.2, -0.15) is 0 Å². The van der Waals surface area contributed by atoms with E-state index in [2.05, 4.69) is 26.2 Å². The first kappa shape index (κ1) is 27.2. The summed E-state index contributed by atoms with van der Waals surface area (Å²) in [7, 11) is 0. The van der Waals surface area contributed by atoms with E-state index in [1.54, 1.807) is 24.3 Å². The first-order chi connectivity index (χ1) is 18.4. The molecule has 0 aliphatic carbocycles. The molecule has 38 heavy (non-hydrogen) atoms. The van der Waals surface area contributed by atoms with Crippen molar-refractivity contribution in [2.24, 2.45) is 4.99 Å². The molecular weight excluding hydrogens is 574 g/mol. The summed E-state index contributed by atoms with van der Waals surface area (Å²) in [5, 5.41) is 14.1. The number of non-ortho nitro benzene ring substituents is 1. The van der Waals surface area contributed by atoms with E-state index in [1.165, 1.54) is 23.9 Å². The summed E-state index contributed by atoms with van der Waals surface area (Å²) in [4.78, 5) is 28.0. The van der Waals surface area contributed by atoms with Crippen LogP contribution in [0.25, 0.3) is 6.08 Å². The van der Waals surface area contributed by atoms with Crippen molar-refractivity contribution in [2.75, 3.05) is 13.2 Å². The van der Waals surface area contributed by atoms with E-state index in [-0.39, 0.29) is 18.2 Å². The number of nitro benzene ring substituents is 1. The molecule has 1 fully saturated rings. The number of ether oxygens (including phenoxy) is 3. The Labute approximate surface area is 232 Å². The number of thioether (sulfide) groups is 1. The Hall–Kier alpha value is -3.83. The molecule has 3 aromatic rings. The number of amides is 1. The van der Waals surface area contributed by atoms with Crippen molar-refractivity contribution < 1.29 is 23.9 Å². The average molecular weight is 598 g/mol. The quantitative estimate of drug-likeness (QED) is 0.159. The molecule has 0 saturated carbocycles. The number of aliphatic imine (C=N–C) groups is 1. The highest BCUT2D eigenvalue weighted by atomic mass is 79.9. The average Bonchev–Trinajstić information content (AvgIpc) is 3.23. The molecule has 0 bridgehead atoms. The molecule has 1 N–H and O–H groups in total. The molecular formula is C27H24BrN3O6S. The van der Waals surface area contributed by atoms with Gasteiger partial charge < -0.3 is 19.5 Å². The number of carbonyl (C=O) groups excluding carboxylic acids is 1. The number of nitro groups is 1. The number of benzene rings is 3. The largest absolute Gasteiger partial charge is 0.494 e. The summed E-state index contributed by atoms with van der Waals surface area (Å²) in [6.07, 6.45) is 1.76. The van der Waals surface area contributed by atoms with Crippen LogP contribution in [0.3, 0.4) is 0 Å². The minimum atomic E-state index is -0.445. The molecule has 1 aliphatic heterocycles. The normalized spacial score (nSPS) is 15.0. The van der Waals surface area contributed by atoms with Crippen LogP contribution in [0.2, 0.25) is 0 Å². The van der Waals surface area contributed by atoms with Gasteiger partial charge >= 0.3 is 0 Å². The Morgan fingerprint density at radius 2 is 1.74 bits per heavy atom. The number of hydrogen-bond donors (Lipinski definition) is 1. The van der Waals surface area contributed by atoms with Gasteiger partial charge in [-0.25, -0.2) is 4.99 Å². The summed E-state index contributed by atoms with van der Waals surface area (Å²) >= 11 is 4.79. The molecule has 4 rings (SSSR count). The fraction of sp³-hybridized carbons (Fsp3) is 0.185. The van der Waals surface area contributed by atoms with Gasteiger partial charge in [-0.1, -0.05) is 0 Å². The molecule has 3 aromatic carbocycles. The van der Waals surface area contributed by atoms with Crippen molar-refractivity contribution in [3.8, 4) is 17.2 Å². The maximum absolute atomic E-state index is 12.6. The van der Waals surface area contributed by atoms with Crippen molar-refractivity contribution in [3.05, 3.63) is 91.3 Å². The molecule has 196 valence electrons. The smallest absolute Gasteiger partial charge is 0.269 e. The summed E-state index contributed by atoms with van der Waals surface area (Å²) < 4.78 is 17.9. The topological polar surface area (TPSA) is 112 Å². The van der Waals surface area contributed by atoms with Crippen LogP contribution in [0, 0.1) is 10.1 Å². The zero-order chi connectivity index (χ0) is 27.1. The van der Waals surface area contributed by atoms with Gasteiger partial charge in [0.25, 0.3) is 11.6 Å². The van der Waals surface area contributed by atoms with E-state index in [9.17, 15) is 14.9 Å². The van der Waals surface area contributed by atoms with Crippen molar-refractivity contribution in [1.29, 1.82) is 0 Å². The maximum Gasteiger partial charge on any atom is 0.269 e. The Bertz CT molecular complexity index is 1390. The summed E-state index contributed by atoms with van der Waals surface area (Å²) in [5.74, 6) is 1.51. The highest BCUT2D eigenvalue weighted by molar-refractivity contribution is 9.10. The minimum absolute atomic E-state index is 0.0174. The van der Waals surface area contributed by atoms with Gasteiger partial charge in [0.15, 0.2) is 16.7 Å². The monoisotopic (exact) mass is 597 g/mol. The SMILES string of the molecule is CCOc1ccc(N=C2NC(=O)/C(=C\c3cc(Br)c(OCc4ccc([N+](=O)[O-])cc4)c(OCC)c3)S2)cc1. The molecule has 9 nitrogen and oxygen atoms in total. The molecule has 0 atom stereocenters. The summed E-state index contributed by atoms with van der Waals surface area (Å²) in [6.45, 7) is 4.98. The highest BCUT2D eigenvalue weighted by Crippen LogP contribution is 2.39. The fourth-order valence-corrected chi connectivity index (χ4v) is 4.89. The van der Waals surface area contributed by atoms with Gasteiger partial charge in [0.2, 0.25) is 0 Å². The van der Waals surface area contributed by atoms with Gasteiger partial charge in [-0.3, -0.25) is 14.9 Å². The zero-order valence-electron chi connectivity index (χ0n) is 20.6. The van der Waals surface area contributed by atoms with Crippen LogP contribution in [0.1, 0.15) is 25.0 Å². The van der Waals surface area contributed by atoms with Crippen LogP contribution < -0.4 is 19.5 Å². The van der Waals surface area contributed by atoms with E-state index >= 15 is 0 Å². The second kappa shape index (κ2) is 12.6. The van der Waals surface area contributed by atoms with Crippen LogP contribution in [0.4, 0.5) is 11.4 Å². The lowest BCUT2D eigenvalue weighted by molar-refractivity contribution is -0.384. The molecule has 1 heterocycles. The lowest BCUT2D eigenvalue weighted by Crippen LogP contribution is -2.19. The van der Waals surface area contributed by atoms with Crippen LogP contribution in [0.5, 0.6) is 17.2 Å². The van der Waals surface area contributed by atoms with Crippen molar-refractivity contribution in [3.63, 3.8) is 0 Å². The number of carbonyl (C=O) groups is 1. The zero-order valence-corrected chi connectivity index (χ0v) is 23.0. The van der Waals surface area contributed by atoms with Crippen LogP contribution in [0.15, 0.2) is 75.0 Å². The fourth-order valence-electron chi connectivity index (χ4n) is 3.48. The van der Waals surface area contributed by atoms with Gasteiger partial charge in [0, 0.05) is 12.1 Å². The van der Waals surface area contributed by atoms with E-state index < -0.39 is 4.92 Å². The molecule has 11 heteroatoms. The molecule has 1 amide bonds. The number of nitrogens with zero attached hydrogens (tertiary/aromatic N) is 2. The molecule has 0 spiro atoms. The number of halogens is 1. The molecule has 0 unspecified atom stereocenters. The second-order valence-corrected chi connectivity index (χ2v) is 9.77. The predicted octanol–water partition coefficient (Wildman–Crippen LogP) is 6.63. The van der Waals surface area contributed by atoms with E-state index in [0.717, 1.165) is 16.9 Å². The number of amidine groups is 1. The number of hydrogen-bond acceptors (Lipinski definition) is 8. The minimum Gasteiger partial charge on any atom is -0.494 e. The molecule has 0 aromatic heterocycles. The standard InChI is InChI=1S/C27H24BrN3O6S/c1-3-35-21-11-7-19(8-12-21)29-27-30-26(32)24(38-27)15-18-13-22(28)25(23(14-18)36-4-2)37-16-17-5-9-20(10-6-17)31(33)34/h5-15H,3-4,16H2,1-2H3,(H,29,30,32)/b24-15+. The van der Waals surface area contributed by atoms with Gasteiger partial charge in [-0.15, -0.1) is 0 Å². The molecule has 0 radical (unpaired) electrons. The van der Waals surface area contributed by atoms with Gasteiger partial charge in [-0.05, 0) is 107 Å². The number of nitrogens with one attached hydrogen (secondary N) is 1. The summed E-state index contributed by atoms with van der Waals surface area (Å²) in [5.41, 5.74) is 2.23. The number of rotatable bonds is 10. The van der Waals surface area contributed by atoms with Crippen molar-refractivity contribution >= 4 is 56.2 Å². The maximum atomic E-state index is 12.6. The highest BCUT2D eigenvalue weighted by Gasteiger charge is 2.24. The van der Waals surface area contributed by atoms with Crippen LogP contribution in [-0.4, -0.2) is 29.2 Å². The van der Waals surface area contributed by atoms with E-state index in [0.29, 0.717) is 44.9 Å². The molecule has 1 aliphatic rings. The molecule has 1 saturated heterocycles. The third-order valence-corrected chi connectivity index (χ3v) is 6.69. The lowest BCUT2D eigenvalue weighted by atomic mass is 10.1. The Morgan fingerprint density at radius 1 is 1.03 bits per heavy atom. The Kier molecular flexibility index (Phi) is 9.03. The second-order valence-electron chi connectivity index (χ2n) is 7.88. The summed E-state index contributed by atoms with van der Waals surface area (Å²) in [6, 6.07) is 17.1. The Balaban J connectivity index is 1.50. The van der Waals surface area contributed by atoms with Gasteiger partial charge in [0.1, 0.15) is 12.4 Å². The first-order valence-corrected chi connectivity index (χ1v) is 13.3. The van der Waals surface area contributed by atoms with Gasteiger partial charge in [0.05, 0.1) is 33.2 Å². The van der Waals surface area contributed by atoms with Crippen LogP contribution in [-0.2, 0) is 11.4 Å². The third-order valence-electron chi connectivity index (χ3n) is 5.19. The van der Waals surface area contributed by atoms with E-state index in [4.69, 9.17) is 14.2 Å². The van der Waals surface area contributed by atoms with E-state index in [1.807, 2.05) is 44.2 Å². The Morgan fingerprint density at radius 3 is 2.39 bits per heavy atom. The first-order valence-electron chi connectivity index (χ1n) is 11.7. The third kappa shape index (κ3) is 6.93. The lowest BCUT2D eigenvalue weighted by Gasteiger charge is -2.15. The van der Waals surface area contributed by atoms with Crippen LogP contribution >= 0.6 is 27.7 Å². The van der Waals surface area contributed by atoms with Crippen molar-refractivity contribution in [1.82, 2.24) is 5.32 Å². The predicted molar refractivity (Wildman–Crippen MR) is 151 cm³/mol.